The summed E-state index contributed by atoms with van der Waals surface area (Å²) in [7, 11) is 1.64. The third kappa shape index (κ3) is 3.44. The van der Waals surface area contributed by atoms with Gasteiger partial charge in [0.1, 0.15) is 0 Å². The van der Waals surface area contributed by atoms with E-state index in [1.165, 1.54) is 32.1 Å². The number of hydrogen-bond donors (Lipinski definition) is 3. The highest BCUT2D eigenvalue weighted by Gasteiger charge is 2.21. The smallest absolute Gasteiger partial charge is 0.251 e. The van der Waals surface area contributed by atoms with Gasteiger partial charge in [-0.1, -0.05) is 26.2 Å². The number of amides is 1. The average molecular weight is 275 g/mol. The first-order valence-electron chi connectivity index (χ1n) is 7.52. The molecule has 0 aromatic heterocycles. The molecule has 2 rings (SSSR count). The molecule has 1 aliphatic carbocycles. The van der Waals surface area contributed by atoms with Crippen molar-refractivity contribution < 1.29 is 4.79 Å². The summed E-state index contributed by atoms with van der Waals surface area (Å²) in [6.45, 7) is 2.26. The van der Waals surface area contributed by atoms with Gasteiger partial charge in [-0.2, -0.15) is 0 Å². The molecule has 1 aliphatic rings. The van der Waals surface area contributed by atoms with Gasteiger partial charge in [0, 0.05) is 18.7 Å². The maximum absolute atomic E-state index is 11.7. The van der Waals surface area contributed by atoms with E-state index in [1.54, 1.807) is 19.2 Å². The summed E-state index contributed by atoms with van der Waals surface area (Å²) in [5.74, 6) is 0.729. The van der Waals surface area contributed by atoms with Gasteiger partial charge in [0.25, 0.3) is 5.91 Å². The van der Waals surface area contributed by atoms with Crippen molar-refractivity contribution in [3.63, 3.8) is 0 Å². The second-order valence-corrected chi connectivity index (χ2v) is 5.66. The lowest BCUT2D eigenvalue weighted by Crippen LogP contribution is -2.27. The van der Waals surface area contributed by atoms with Gasteiger partial charge in [0.15, 0.2) is 0 Å². The zero-order valence-corrected chi connectivity index (χ0v) is 12.4. The standard InChI is InChI=1S/C16H25N3O/c1-3-11-5-4-6-13(9-11)19-15-10-12(16(20)18-2)7-8-14(15)17/h7-8,10-11,13,19H,3-6,9,17H2,1-2H3,(H,18,20). The molecule has 0 heterocycles. The number of nitrogen functional groups attached to an aromatic ring is 1. The van der Waals surface area contributed by atoms with Crippen LogP contribution < -0.4 is 16.4 Å². The van der Waals surface area contributed by atoms with E-state index >= 15 is 0 Å². The van der Waals surface area contributed by atoms with Crippen molar-refractivity contribution in [1.29, 1.82) is 0 Å². The first kappa shape index (κ1) is 14.7. The van der Waals surface area contributed by atoms with Crippen LogP contribution in [-0.2, 0) is 0 Å². The fraction of sp³-hybridized carbons (Fsp3) is 0.562. The summed E-state index contributed by atoms with van der Waals surface area (Å²) < 4.78 is 0. The first-order valence-corrected chi connectivity index (χ1v) is 7.52. The van der Waals surface area contributed by atoms with E-state index in [0.717, 1.165) is 11.6 Å². The summed E-state index contributed by atoms with van der Waals surface area (Å²) in [5.41, 5.74) is 8.25. The lowest BCUT2D eigenvalue weighted by atomic mass is 9.84. The SMILES string of the molecule is CCC1CCCC(Nc2cc(C(=O)NC)ccc2N)C1. The third-order valence-corrected chi connectivity index (χ3v) is 4.26. The Bertz CT molecular complexity index is 473. The van der Waals surface area contributed by atoms with Crippen molar-refractivity contribution >= 4 is 17.3 Å². The second-order valence-electron chi connectivity index (χ2n) is 5.66. The zero-order chi connectivity index (χ0) is 14.5. The van der Waals surface area contributed by atoms with Gasteiger partial charge in [0.05, 0.1) is 11.4 Å². The summed E-state index contributed by atoms with van der Waals surface area (Å²) in [4.78, 5) is 11.7. The molecule has 2 unspecified atom stereocenters. The molecule has 4 heteroatoms. The molecule has 1 fully saturated rings. The number of rotatable bonds is 4. The molecule has 1 amide bonds. The Hall–Kier alpha value is -1.71. The van der Waals surface area contributed by atoms with E-state index < -0.39 is 0 Å². The highest BCUT2D eigenvalue weighted by Crippen LogP contribution is 2.30. The Balaban J connectivity index is 2.10. The summed E-state index contributed by atoms with van der Waals surface area (Å²) in [6, 6.07) is 5.88. The van der Waals surface area contributed by atoms with Crippen molar-refractivity contribution in [2.75, 3.05) is 18.1 Å². The van der Waals surface area contributed by atoms with Gasteiger partial charge in [-0.25, -0.2) is 0 Å². The van der Waals surface area contributed by atoms with E-state index in [9.17, 15) is 4.79 Å². The largest absolute Gasteiger partial charge is 0.397 e. The molecule has 4 N–H and O–H groups in total. The number of carbonyl (C=O) groups is 1. The number of benzene rings is 1. The van der Waals surface area contributed by atoms with Crippen LogP contribution in [0.3, 0.4) is 0 Å². The molecule has 2 atom stereocenters. The van der Waals surface area contributed by atoms with E-state index in [2.05, 4.69) is 17.6 Å². The molecule has 0 spiro atoms. The van der Waals surface area contributed by atoms with Crippen molar-refractivity contribution in [2.24, 2.45) is 5.92 Å². The van der Waals surface area contributed by atoms with Crippen molar-refractivity contribution in [3.05, 3.63) is 23.8 Å². The molecular formula is C16H25N3O. The van der Waals surface area contributed by atoms with Crippen LogP contribution in [0.25, 0.3) is 0 Å². The van der Waals surface area contributed by atoms with E-state index in [0.29, 0.717) is 17.3 Å². The predicted octanol–water partition coefficient (Wildman–Crippen LogP) is 3.01. The molecule has 1 saturated carbocycles. The summed E-state index contributed by atoms with van der Waals surface area (Å²) in [5, 5.41) is 6.17. The summed E-state index contributed by atoms with van der Waals surface area (Å²) in [6.07, 6.45) is 6.22. The molecule has 0 aliphatic heterocycles. The van der Waals surface area contributed by atoms with Crippen LogP contribution in [0.4, 0.5) is 11.4 Å². The molecule has 4 nitrogen and oxygen atoms in total. The molecule has 1 aromatic rings. The number of nitrogens with one attached hydrogen (secondary N) is 2. The van der Waals surface area contributed by atoms with Gasteiger partial charge in [-0.3, -0.25) is 4.79 Å². The molecule has 0 radical (unpaired) electrons. The van der Waals surface area contributed by atoms with Crippen LogP contribution >= 0.6 is 0 Å². The van der Waals surface area contributed by atoms with E-state index in [1.807, 2.05) is 6.07 Å². The Kier molecular flexibility index (Phi) is 4.88. The van der Waals surface area contributed by atoms with Gasteiger partial charge in [-0.05, 0) is 37.0 Å². The fourth-order valence-corrected chi connectivity index (χ4v) is 2.98. The number of hydrogen-bond acceptors (Lipinski definition) is 3. The Morgan fingerprint density at radius 3 is 2.90 bits per heavy atom. The van der Waals surface area contributed by atoms with Crippen LogP contribution in [0.15, 0.2) is 18.2 Å². The van der Waals surface area contributed by atoms with Gasteiger partial charge < -0.3 is 16.4 Å². The van der Waals surface area contributed by atoms with Crippen LogP contribution in [0.2, 0.25) is 0 Å². The molecule has 0 bridgehead atoms. The minimum absolute atomic E-state index is 0.0804. The minimum Gasteiger partial charge on any atom is -0.397 e. The highest BCUT2D eigenvalue weighted by molar-refractivity contribution is 5.96. The fourth-order valence-electron chi connectivity index (χ4n) is 2.98. The normalized spacial score (nSPS) is 22.3. The van der Waals surface area contributed by atoms with Crippen LogP contribution in [0, 0.1) is 5.92 Å². The lowest BCUT2D eigenvalue weighted by Gasteiger charge is -2.30. The maximum atomic E-state index is 11.7. The lowest BCUT2D eigenvalue weighted by molar-refractivity contribution is 0.0963. The van der Waals surface area contributed by atoms with Gasteiger partial charge >= 0.3 is 0 Å². The molecule has 110 valence electrons. The maximum Gasteiger partial charge on any atom is 0.251 e. The topological polar surface area (TPSA) is 67.2 Å². The molecular weight excluding hydrogens is 250 g/mol. The molecule has 20 heavy (non-hydrogen) atoms. The minimum atomic E-state index is -0.0804. The van der Waals surface area contributed by atoms with Gasteiger partial charge in [0.2, 0.25) is 0 Å². The monoisotopic (exact) mass is 275 g/mol. The van der Waals surface area contributed by atoms with Crippen LogP contribution in [-0.4, -0.2) is 19.0 Å². The number of carbonyl (C=O) groups excluding carboxylic acids is 1. The molecule has 0 saturated heterocycles. The van der Waals surface area contributed by atoms with Crippen molar-refractivity contribution in [3.8, 4) is 0 Å². The van der Waals surface area contributed by atoms with Crippen molar-refractivity contribution in [2.45, 2.75) is 45.1 Å². The Morgan fingerprint density at radius 2 is 2.20 bits per heavy atom. The molecule has 1 aromatic carbocycles. The van der Waals surface area contributed by atoms with E-state index in [-0.39, 0.29) is 5.91 Å². The van der Waals surface area contributed by atoms with Crippen LogP contribution in [0.1, 0.15) is 49.4 Å². The Labute approximate surface area is 121 Å². The van der Waals surface area contributed by atoms with Gasteiger partial charge in [-0.15, -0.1) is 0 Å². The predicted molar refractivity (Wildman–Crippen MR) is 83.9 cm³/mol. The Morgan fingerprint density at radius 1 is 1.40 bits per heavy atom. The third-order valence-electron chi connectivity index (χ3n) is 4.26. The van der Waals surface area contributed by atoms with Crippen LogP contribution in [0.5, 0.6) is 0 Å². The highest BCUT2D eigenvalue weighted by atomic mass is 16.1. The number of anilines is 2. The summed E-state index contributed by atoms with van der Waals surface area (Å²) >= 11 is 0. The van der Waals surface area contributed by atoms with E-state index in [4.69, 9.17) is 5.73 Å². The number of nitrogens with two attached hydrogens (primary N) is 1. The first-order chi connectivity index (χ1) is 9.63. The average Bonchev–Trinajstić information content (AvgIpc) is 2.49. The second kappa shape index (κ2) is 6.64. The quantitative estimate of drug-likeness (QED) is 0.740. The van der Waals surface area contributed by atoms with Crippen molar-refractivity contribution in [1.82, 2.24) is 5.32 Å². The zero-order valence-electron chi connectivity index (χ0n) is 12.4.